The van der Waals surface area contributed by atoms with Gasteiger partial charge in [-0.05, 0) is 36.1 Å². The fraction of sp³-hybridized carbons (Fsp3) is 0.571. The van der Waals surface area contributed by atoms with Gasteiger partial charge in [0.25, 0.3) is 0 Å². The van der Waals surface area contributed by atoms with Crippen LogP contribution in [0.5, 0.6) is 0 Å². The number of nitrogens with two attached hydrogens (primary N) is 1. The molecule has 0 atom stereocenters. The van der Waals surface area contributed by atoms with E-state index in [1.54, 1.807) is 12.1 Å². The molecule has 0 unspecified atom stereocenters. The van der Waals surface area contributed by atoms with Crippen LogP contribution in [0.2, 0.25) is 0 Å². The number of nitrogens with zero attached hydrogens (tertiary/aromatic N) is 1. The molecule has 0 aliphatic heterocycles. The third-order valence-corrected chi connectivity index (χ3v) is 3.74. The third kappa shape index (κ3) is 3.07. The minimum atomic E-state index is -0.222. The lowest BCUT2D eigenvalue weighted by Crippen LogP contribution is -2.41. The van der Waals surface area contributed by atoms with Gasteiger partial charge in [0.1, 0.15) is 5.82 Å². The highest BCUT2D eigenvalue weighted by Crippen LogP contribution is 2.26. The van der Waals surface area contributed by atoms with Crippen molar-refractivity contribution in [1.29, 1.82) is 0 Å². The van der Waals surface area contributed by atoms with Crippen LogP contribution < -0.4 is 5.73 Å². The van der Waals surface area contributed by atoms with Crippen molar-refractivity contribution in [3.8, 4) is 0 Å². The Balaban J connectivity index is 2.11. The van der Waals surface area contributed by atoms with Crippen molar-refractivity contribution in [2.24, 2.45) is 5.73 Å². The Kier molecular flexibility index (Phi) is 4.69. The number of aliphatic hydroxyl groups is 1. The number of aliphatic hydroxyl groups excluding tert-OH is 1. The van der Waals surface area contributed by atoms with Gasteiger partial charge in [0.15, 0.2) is 0 Å². The zero-order chi connectivity index (χ0) is 13.0. The van der Waals surface area contributed by atoms with Crippen molar-refractivity contribution in [1.82, 2.24) is 4.90 Å². The lowest BCUT2D eigenvalue weighted by molar-refractivity contribution is 0.0942. The van der Waals surface area contributed by atoms with Crippen molar-refractivity contribution < 1.29 is 9.50 Å². The van der Waals surface area contributed by atoms with Crippen molar-refractivity contribution in [2.75, 3.05) is 13.2 Å². The molecule has 0 spiro atoms. The number of rotatable bonds is 6. The van der Waals surface area contributed by atoms with Crippen molar-refractivity contribution in [3.63, 3.8) is 0 Å². The maximum absolute atomic E-state index is 13.3. The molecule has 2 rings (SSSR count). The van der Waals surface area contributed by atoms with Crippen LogP contribution in [0.25, 0.3) is 0 Å². The molecular weight excluding hydrogens is 231 g/mol. The van der Waals surface area contributed by atoms with Gasteiger partial charge in [-0.3, -0.25) is 4.90 Å². The average Bonchev–Trinajstić information content (AvgIpc) is 2.27. The lowest BCUT2D eigenvalue weighted by atomic mass is 9.91. The van der Waals surface area contributed by atoms with Gasteiger partial charge >= 0.3 is 0 Å². The predicted octanol–water partition coefficient (Wildman–Crippen LogP) is 1.63. The van der Waals surface area contributed by atoms with Crippen LogP contribution in [-0.2, 0) is 13.1 Å². The average molecular weight is 252 g/mol. The van der Waals surface area contributed by atoms with Gasteiger partial charge in [-0.15, -0.1) is 0 Å². The van der Waals surface area contributed by atoms with Gasteiger partial charge < -0.3 is 10.8 Å². The van der Waals surface area contributed by atoms with E-state index < -0.39 is 0 Å². The first-order valence-electron chi connectivity index (χ1n) is 6.57. The maximum atomic E-state index is 13.3. The number of benzene rings is 1. The molecule has 1 aromatic carbocycles. The summed E-state index contributed by atoms with van der Waals surface area (Å²) in [5.41, 5.74) is 7.61. The first-order valence-corrected chi connectivity index (χ1v) is 6.57. The van der Waals surface area contributed by atoms with Gasteiger partial charge in [-0.2, -0.15) is 0 Å². The van der Waals surface area contributed by atoms with E-state index in [-0.39, 0.29) is 12.4 Å². The molecular formula is C14H21FN2O. The summed E-state index contributed by atoms with van der Waals surface area (Å²) in [6, 6.07) is 5.30. The maximum Gasteiger partial charge on any atom is 0.123 e. The van der Waals surface area contributed by atoms with Crippen molar-refractivity contribution in [2.45, 2.75) is 38.4 Å². The Labute approximate surface area is 107 Å². The fourth-order valence-electron chi connectivity index (χ4n) is 2.43. The van der Waals surface area contributed by atoms with Gasteiger partial charge in [-0.1, -0.05) is 12.5 Å². The summed E-state index contributed by atoms with van der Waals surface area (Å²) in [6.45, 7) is 1.89. The highest BCUT2D eigenvalue weighted by molar-refractivity contribution is 5.27. The first-order chi connectivity index (χ1) is 8.74. The summed E-state index contributed by atoms with van der Waals surface area (Å²) in [4.78, 5) is 2.23. The second kappa shape index (κ2) is 6.27. The van der Waals surface area contributed by atoms with E-state index in [9.17, 15) is 4.39 Å². The minimum absolute atomic E-state index is 0.143. The van der Waals surface area contributed by atoms with Crippen molar-refractivity contribution >= 4 is 0 Å². The summed E-state index contributed by atoms with van der Waals surface area (Å²) in [6.07, 6.45) is 3.60. The molecule has 1 saturated carbocycles. The molecule has 1 fully saturated rings. The van der Waals surface area contributed by atoms with E-state index in [2.05, 4.69) is 4.90 Å². The Morgan fingerprint density at radius 2 is 2.11 bits per heavy atom. The van der Waals surface area contributed by atoms with Crippen LogP contribution in [0, 0.1) is 5.82 Å². The molecule has 4 heteroatoms. The van der Waals surface area contributed by atoms with Gasteiger partial charge in [-0.25, -0.2) is 4.39 Å². The van der Waals surface area contributed by atoms with E-state index in [0.717, 1.165) is 11.1 Å². The van der Waals surface area contributed by atoms with E-state index in [0.29, 0.717) is 25.7 Å². The zero-order valence-corrected chi connectivity index (χ0v) is 10.6. The standard InChI is InChI=1S/C14H21FN2O/c15-13-5-4-11(9-16)12(8-13)10-17(6-7-18)14-2-1-3-14/h4-5,8,14,18H,1-3,6-7,9-10,16H2. The normalized spacial score (nSPS) is 16.0. The van der Waals surface area contributed by atoms with Gasteiger partial charge in [0.05, 0.1) is 6.61 Å². The van der Waals surface area contributed by atoms with Crippen LogP contribution >= 0.6 is 0 Å². The van der Waals surface area contributed by atoms with Crippen LogP contribution in [0.15, 0.2) is 18.2 Å². The highest BCUT2D eigenvalue weighted by atomic mass is 19.1. The largest absolute Gasteiger partial charge is 0.395 e. The second-order valence-corrected chi connectivity index (χ2v) is 4.90. The molecule has 0 amide bonds. The van der Waals surface area contributed by atoms with Crippen LogP contribution in [-0.4, -0.2) is 29.2 Å². The third-order valence-electron chi connectivity index (χ3n) is 3.74. The molecule has 0 heterocycles. The lowest BCUT2D eigenvalue weighted by Gasteiger charge is -2.37. The molecule has 3 N–H and O–H groups in total. The molecule has 0 bridgehead atoms. The van der Waals surface area contributed by atoms with Gasteiger partial charge in [0.2, 0.25) is 0 Å². The molecule has 1 aliphatic carbocycles. The summed E-state index contributed by atoms with van der Waals surface area (Å²) in [5, 5.41) is 9.12. The molecule has 0 saturated heterocycles. The molecule has 100 valence electrons. The molecule has 1 aromatic rings. The Hall–Kier alpha value is -0.970. The Morgan fingerprint density at radius 3 is 2.67 bits per heavy atom. The van der Waals surface area contributed by atoms with Crippen LogP contribution in [0.4, 0.5) is 4.39 Å². The molecule has 3 nitrogen and oxygen atoms in total. The van der Waals surface area contributed by atoms with E-state index in [1.165, 1.54) is 25.3 Å². The first kappa shape index (κ1) is 13.5. The molecule has 0 radical (unpaired) electrons. The zero-order valence-electron chi connectivity index (χ0n) is 10.6. The number of halogens is 1. The Bertz CT molecular complexity index is 393. The molecule has 0 aromatic heterocycles. The Morgan fingerprint density at radius 1 is 1.33 bits per heavy atom. The second-order valence-electron chi connectivity index (χ2n) is 4.90. The fourth-order valence-corrected chi connectivity index (χ4v) is 2.43. The van der Waals surface area contributed by atoms with Gasteiger partial charge in [0, 0.05) is 25.7 Å². The van der Waals surface area contributed by atoms with E-state index >= 15 is 0 Å². The minimum Gasteiger partial charge on any atom is -0.395 e. The predicted molar refractivity (Wildman–Crippen MR) is 69.4 cm³/mol. The van der Waals surface area contributed by atoms with Crippen LogP contribution in [0.3, 0.4) is 0 Å². The summed E-state index contributed by atoms with van der Waals surface area (Å²) in [5.74, 6) is -0.222. The summed E-state index contributed by atoms with van der Waals surface area (Å²) >= 11 is 0. The van der Waals surface area contributed by atoms with E-state index in [4.69, 9.17) is 10.8 Å². The topological polar surface area (TPSA) is 49.5 Å². The smallest absolute Gasteiger partial charge is 0.123 e. The monoisotopic (exact) mass is 252 g/mol. The molecule has 1 aliphatic rings. The van der Waals surface area contributed by atoms with Crippen LogP contribution in [0.1, 0.15) is 30.4 Å². The number of hydrogen-bond acceptors (Lipinski definition) is 3. The number of hydrogen-bond donors (Lipinski definition) is 2. The highest BCUT2D eigenvalue weighted by Gasteiger charge is 2.25. The molecule has 18 heavy (non-hydrogen) atoms. The van der Waals surface area contributed by atoms with E-state index in [1.807, 2.05) is 0 Å². The van der Waals surface area contributed by atoms with Crippen molar-refractivity contribution in [3.05, 3.63) is 35.1 Å². The quantitative estimate of drug-likeness (QED) is 0.809. The SMILES string of the molecule is NCc1ccc(F)cc1CN(CCO)C1CCC1. The summed E-state index contributed by atoms with van der Waals surface area (Å²) < 4.78 is 13.3. The summed E-state index contributed by atoms with van der Waals surface area (Å²) in [7, 11) is 0.